The zero-order valence-electron chi connectivity index (χ0n) is 37.3. The van der Waals surface area contributed by atoms with Crippen LogP contribution < -0.4 is 49.1 Å². The van der Waals surface area contributed by atoms with E-state index < -0.39 is 145 Å². The first-order valence-corrected chi connectivity index (χ1v) is 20.8. The van der Waals surface area contributed by atoms with Crippen molar-refractivity contribution in [3.63, 3.8) is 0 Å². The third-order valence-corrected chi connectivity index (χ3v) is 10.4. The van der Waals surface area contributed by atoms with E-state index in [1.165, 1.54) is 0 Å². The second kappa shape index (κ2) is 27.1. The van der Waals surface area contributed by atoms with Crippen molar-refractivity contribution in [3.05, 3.63) is 0 Å². The van der Waals surface area contributed by atoms with Crippen molar-refractivity contribution < 1.29 is 58.5 Å². The van der Waals surface area contributed by atoms with E-state index in [-0.39, 0.29) is 31.1 Å². The van der Waals surface area contributed by atoms with Crippen LogP contribution in [0.2, 0.25) is 0 Å². The summed E-state index contributed by atoms with van der Waals surface area (Å²) in [4.78, 5) is 116. The van der Waals surface area contributed by atoms with Crippen molar-refractivity contribution >= 4 is 53.2 Å². The number of carbonyl (C=O) groups excluding carboxylic acids is 8. The molecule has 21 nitrogen and oxygen atoms in total. The number of nitrogens with two attached hydrogens (primary N) is 3. The van der Waals surface area contributed by atoms with Crippen molar-refractivity contribution in [1.29, 1.82) is 0 Å². The van der Waals surface area contributed by atoms with Gasteiger partial charge in [-0.2, -0.15) is 0 Å². The minimum atomic E-state index is -1.67. The maximum Gasteiger partial charge on any atom is 0.326 e. The van der Waals surface area contributed by atoms with Gasteiger partial charge in [0.05, 0.1) is 31.2 Å². The summed E-state index contributed by atoms with van der Waals surface area (Å²) in [5.74, 6) is -10.8. The van der Waals surface area contributed by atoms with Gasteiger partial charge in [-0.3, -0.25) is 38.4 Å². The van der Waals surface area contributed by atoms with Gasteiger partial charge in [-0.25, -0.2) is 4.79 Å². The maximum atomic E-state index is 13.8. The Morgan fingerprint density at radius 3 is 1.52 bits per heavy atom. The number of primary amides is 2. The van der Waals surface area contributed by atoms with E-state index >= 15 is 0 Å². The molecule has 21 heteroatoms. The maximum absolute atomic E-state index is 13.8. The third-order valence-electron chi connectivity index (χ3n) is 10.4. The van der Waals surface area contributed by atoms with Crippen molar-refractivity contribution in [2.24, 2.45) is 52.7 Å². The van der Waals surface area contributed by atoms with Gasteiger partial charge >= 0.3 is 5.97 Å². The SMILES string of the molecule is CC[C@H](C)[C@H](NC(=O)[C@@H](C[C@H](O)[C@H](CC(C)C)NC(=O)[C@H](CC(N)=O)NC(=O)[C@H](CCC(N)=O)NC(=O)[C@H](CO)NC(=O)[C@@H](N)C(C)C)C(C)C)C(=O)N[C@H](C(=O)O)C(C)C. The Labute approximate surface area is 358 Å². The molecule has 350 valence electrons. The van der Waals surface area contributed by atoms with Crippen molar-refractivity contribution in [1.82, 2.24) is 31.9 Å². The number of nitrogens with one attached hydrogen (secondary N) is 6. The van der Waals surface area contributed by atoms with E-state index in [4.69, 9.17) is 17.2 Å². The molecule has 0 rings (SSSR count). The monoisotopic (exact) mass is 872 g/mol. The van der Waals surface area contributed by atoms with Gasteiger partial charge in [0.15, 0.2) is 0 Å². The number of amides is 8. The Balaban J connectivity index is 6.44. The standard InChI is InChI=1S/C40H73N9O12/c1-11-22(10)33(39(59)48-32(21(8)9)40(60)61)49-34(54)23(19(4)5)15-28(51)25(14-18(2)3)45-36(56)26(16-30(42)53)46-35(55)24(12-13-29(41)52)44-37(57)27(17-50)47-38(58)31(43)20(6)7/h18-28,31-33,50-51H,11-17,43H2,1-10H3,(H2,41,52)(H2,42,53)(H,44,57)(H,45,56)(H,46,55)(H,47,58)(H,48,59)(H,49,54)(H,60,61)/t22-,23-,24-,25-,26-,27-,28-,31-,32-,33-/m0/s1. The number of hydrogen-bond donors (Lipinski definition) is 12. The number of carboxylic acid groups (broad SMARTS) is 1. The molecule has 0 saturated heterocycles. The molecule has 0 unspecified atom stereocenters. The van der Waals surface area contributed by atoms with E-state index in [2.05, 4.69) is 31.9 Å². The van der Waals surface area contributed by atoms with Gasteiger partial charge in [-0.05, 0) is 48.9 Å². The third kappa shape index (κ3) is 20.0. The summed E-state index contributed by atoms with van der Waals surface area (Å²) < 4.78 is 0. The first-order valence-electron chi connectivity index (χ1n) is 20.8. The fraction of sp³-hybridized carbons (Fsp3) is 0.775. The lowest BCUT2D eigenvalue weighted by Crippen LogP contribution is -2.60. The van der Waals surface area contributed by atoms with Gasteiger partial charge in [0.2, 0.25) is 47.3 Å². The summed E-state index contributed by atoms with van der Waals surface area (Å²) in [6.07, 6.45) is -2.52. The lowest BCUT2D eigenvalue weighted by molar-refractivity contribution is -0.144. The summed E-state index contributed by atoms with van der Waals surface area (Å²) in [7, 11) is 0. The molecular weight excluding hydrogens is 798 g/mol. The Bertz CT molecular complexity index is 1510. The molecule has 0 radical (unpaired) electrons. The summed E-state index contributed by atoms with van der Waals surface area (Å²) in [6.45, 7) is 16.3. The number of hydrogen-bond acceptors (Lipinski definition) is 12. The molecule has 0 saturated carbocycles. The van der Waals surface area contributed by atoms with Crippen LogP contribution in [0.25, 0.3) is 0 Å². The lowest BCUT2D eigenvalue weighted by Gasteiger charge is -2.32. The van der Waals surface area contributed by atoms with Crippen LogP contribution in [0.1, 0.15) is 108 Å². The van der Waals surface area contributed by atoms with Crippen molar-refractivity contribution in [2.45, 2.75) is 156 Å². The predicted molar refractivity (Wildman–Crippen MR) is 224 cm³/mol. The number of aliphatic carboxylic acids is 1. The second-order valence-electron chi connectivity index (χ2n) is 17.1. The van der Waals surface area contributed by atoms with E-state index in [1.54, 1.807) is 48.5 Å². The summed E-state index contributed by atoms with van der Waals surface area (Å²) >= 11 is 0. The van der Waals surface area contributed by atoms with Crippen molar-refractivity contribution in [2.75, 3.05) is 6.61 Å². The first kappa shape index (κ1) is 56.1. The van der Waals surface area contributed by atoms with Crippen LogP contribution >= 0.6 is 0 Å². The second-order valence-corrected chi connectivity index (χ2v) is 17.1. The molecule has 10 atom stereocenters. The molecule has 0 spiro atoms. The number of rotatable bonds is 29. The fourth-order valence-electron chi connectivity index (χ4n) is 6.20. The average molecular weight is 872 g/mol. The molecule has 0 aromatic heterocycles. The van der Waals surface area contributed by atoms with Gasteiger partial charge in [-0.15, -0.1) is 0 Å². The fourth-order valence-corrected chi connectivity index (χ4v) is 6.20. The van der Waals surface area contributed by atoms with Gasteiger partial charge < -0.3 is 64.4 Å². The topological polar surface area (TPSA) is 365 Å². The van der Waals surface area contributed by atoms with Crippen LogP contribution in [0.5, 0.6) is 0 Å². The quantitative estimate of drug-likeness (QED) is 0.0383. The van der Waals surface area contributed by atoms with Crippen molar-refractivity contribution in [3.8, 4) is 0 Å². The number of carbonyl (C=O) groups is 9. The zero-order valence-corrected chi connectivity index (χ0v) is 37.3. The van der Waals surface area contributed by atoms with E-state index in [9.17, 15) is 58.5 Å². The molecule has 0 aromatic rings. The van der Waals surface area contributed by atoms with Gasteiger partial charge in [-0.1, -0.05) is 75.7 Å². The molecule has 0 bridgehead atoms. The Morgan fingerprint density at radius 2 is 1.08 bits per heavy atom. The minimum Gasteiger partial charge on any atom is -0.480 e. The molecule has 0 fully saturated rings. The minimum absolute atomic E-state index is 0.138. The highest BCUT2D eigenvalue weighted by atomic mass is 16.4. The van der Waals surface area contributed by atoms with Gasteiger partial charge in [0, 0.05) is 12.3 Å². The van der Waals surface area contributed by atoms with Crippen LogP contribution in [0.4, 0.5) is 0 Å². The molecule has 61 heavy (non-hydrogen) atoms. The zero-order chi connectivity index (χ0) is 47.5. The van der Waals surface area contributed by atoms with Crippen LogP contribution in [0.15, 0.2) is 0 Å². The highest BCUT2D eigenvalue weighted by Gasteiger charge is 2.37. The molecule has 15 N–H and O–H groups in total. The molecule has 8 amide bonds. The Hall–Kier alpha value is -4.89. The van der Waals surface area contributed by atoms with E-state index in [0.717, 1.165) is 0 Å². The largest absolute Gasteiger partial charge is 0.480 e. The van der Waals surface area contributed by atoms with Crippen LogP contribution in [-0.2, 0) is 43.2 Å². The predicted octanol–water partition coefficient (Wildman–Crippen LogP) is -2.13. The summed E-state index contributed by atoms with van der Waals surface area (Å²) in [5, 5.41) is 45.9. The Kier molecular flexibility index (Phi) is 25.0. The average Bonchev–Trinajstić information content (AvgIpc) is 3.15. The summed E-state index contributed by atoms with van der Waals surface area (Å²) in [5.41, 5.74) is 16.6. The van der Waals surface area contributed by atoms with Gasteiger partial charge in [0.25, 0.3) is 0 Å². The highest BCUT2D eigenvalue weighted by Crippen LogP contribution is 2.23. The number of carboxylic acids is 1. The first-order chi connectivity index (χ1) is 28.2. The van der Waals surface area contributed by atoms with Crippen LogP contribution in [-0.4, -0.2) is 124 Å². The van der Waals surface area contributed by atoms with Gasteiger partial charge in [0.1, 0.15) is 30.2 Å². The molecular formula is C40H73N9O12. The molecule has 0 aliphatic rings. The summed E-state index contributed by atoms with van der Waals surface area (Å²) in [6, 6.07) is -9.19. The van der Waals surface area contributed by atoms with Crippen LogP contribution in [0, 0.1) is 35.5 Å². The smallest absolute Gasteiger partial charge is 0.326 e. The molecule has 0 heterocycles. The normalized spacial score (nSPS) is 16.5. The van der Waals surface area contributed by atoms with Crippen LogP contribution in [0.3, 0.4) is 0 Å². The lowest BCUT2D eigenvalue weighted by atomic mass is 9.85. The number of aliphatic hydroxyl groups is 2. The number of aliphatic hydroxyl groups excluding tert-OH is 2. The Morgan fingerprint density at radius 1 is 0.574 bits per heavy atom. The molecule has 0 aromatic carbocycles. The van der Waals surface area contributed by atoms with E-state index in [1.807, 2.05) is 20.8 Å². The highest BCUT2D eigenvalue weighted by molar-refractivity contribution is 5.96. The van der Waals surface area contributed by atoms with E-state index in [0.29, 0.717) is 6.42 Å². The molecule has 0 aliphatic heterocycles. The molecule has 0 aliphatic carbocycles.